The van der Waals surface area contributed by atoms with Gasteiger partial charge in [-0.1, -0.05) is 25.1 Å². The van der Waals surface area contributed by atoms with Gasteiger partial charge in [0.2, 0.25) is 0 Å². The Bertz CT molecular complexity index is 975. The monoisotopic (exact) mass is 337 g/mol. The van der Waals surface area contributed by atoms with Crippen molar-refractivity contribution in [3.8, 4) is 5.75 Å². The molecular weight excluding hydrogens is 318 g/mol. The molecule has 0 bridgehead atoms. The highest BCUT2D eigenvalue weighted by Crippen LogP contribution is 2.22. The number of para-hydroxylation sites is 1. The number of benzene rings is 2. The maximum absolute atomic E-state index is 12.2. The van der Waals surface area contributed by atoms with Crippen molar-refractivity contribution in [1.29, 1.82) is 0 Å². The molecule has 0 saturated carbocycles. The first-order valence-corrected chi connectivity index (χ1v) is 8.12. The molecule has 25 heavy (non-hydrogen) atoms. The SMILES string of the molecule is CCc1cccc(C)c1NC(=O)COc1ccc2ccc(=O)oc2c1. The number of nitrogens with one attached hydrogen (secondary N) is 1. The fraction of sp³-hybridized carbons (Fsp3) is 0.200. The predicted molar refractivity (Wildman–Crippen MR) is 97.2 cm³/mol. The summed E-state index contributed by atoms with van der Waals surface area (Å²) in [7, 11) is 0. The number of rotatable bonds is 5. The third-order valence-corrected chi connectivity index (χ3v) is 3.97. The van der Waals surface area contributed by atoms with Crippen molar-refractivity contribution < 1.29 is 13.9 Å². The van der Waals surface area contributed by atoms with Crippen molar-refractivity contribution in [3.63, 3.8) is 0 Å². The summed E-state index contributed by atoms with van der Waals surface area (Å²) in [5, 5.41) is 3.70. The molecule has 0 unspecified atom stereocenters. The van der Waals surface area contributed by atoms with E-state index in [2.05, 4.69) is 5.32 Å². The topological polar surface area (TPSA) is 68.5 Å². The maximum Gasteiger partial charge on any atom is 0.336 e. The normalized spacial score (nSPS) is 10.6. The lowest BCUT2D eigenvalue weighted by Gasteiger charge is -2.13. The summed E-state index contributed by atoms with van der Waals surface area (Å²) in [4.78, 5) is 23.5. The Morgan fingerprint density at radius 2 is 1.96 bits per heavy atom. The Kier molecular flexibility index (Phi) is 4.84. The first kappa shape index (κ1) is 16.8. The van der Waals surface area contributed by atoms with Gasteiger partial charge in [0.1, 0.15) is 11.3 Å². The molecule has 2 aromatic carbocycles. The van der Waals surface area contributed by atoms with Gasteiger partial charge in [-0.2, -0.15) is 0 Å². The van der Waals surface area contributed by atoms with E-state index < -0.39 is 5.63 Å². The second kappa shape index (κ2) is 7.21. The average molecular weight is 337 g/mol. The minimum absolute atomic E-state index is 0.125. The van der Waals surface area contributed by atoms with E-state index in [-0.39, 0.29) is 12.5 Å². The second-order valence-corrected chi connectivity index (χ2v) is 5.75. The molecule has 0 aliphatic carbocycles. The van der Waals surface area contributed by atoms with Gasteiger partial charge in [0.05, 0.1) is 0 Å². The Labute approximate surface area is 145 Å². The summed E-state index contributed by atoms with van der Waals surface area (Å²) in [5.74, 6) is 0.233. The molecule has 5 heteroatoms. The summed E-state index contributed by atoms with van der Waals surface area (Å²) < 4.78 is 10.6. The fourth-order valence-corrected chi connectivity index (χ4v) is 2.66. The summed E-state index contributed by atoms with van der Waals surface area (Å²) in [6.07, 6.45) is 0.835. The molecule has 1 heterocycles. The Balaban J connectivity index is 1.69. The Hall–Kier alpha value is -3.08. The molecule has 0 saturated heterocycles. The first-order valence-electron chi connectivity index (χ1n) is 8.12. The zero-order valence-corrected chi connectivity index (χ0v) is 14.2. The fourth-order valence-electron chi connectivity index (χ4n) is 2.66. The molecule has 0 aliphatic rings. The van der Waals surface area contributed by atoms with Crippen molar-refractivity contribution in [3.05, 3.63) is 70.1 Å². The number of hydrogen-bond acceptors (Lipinski definition) is 4. The Morgan fingerprint density at radius 3 is 2.76 bits per heavy atom. The van der Waals surface area contributed by atoms with E-state index in [0.29, 0.717) is 11.3 Å². The van der Waals surface area contributed by atoms with Crippen LogP contribution in [0.3, 0.4) is 0 Å². The van der Waals surface area contributed by atoms with Gasteiger partial charge in [-0.3, -0.25) is 4.79 Å². The van der Waals surface area contributed by atoms with Gasteiger partial charge in [-0.25, -0.2) is 4.79 Å². The molecule has 0 spiro atoms. The molecule has 0 radical (unpaired) electrons. The third-order valence-electron chi connectivity index (χ3n) is 3.97. The van der Waals surface area contributed by atoms with Gasteiger partial charge in [0.25, 0.3) is 5.91 Å². The average Bonchev–Trinajstić information content (AvgIpc) is 2.61. The number of amides is 1. The largest absolute Gasteiger partial charge is 0.484 e. The van der Waals surface area contributed by atoms with Crippen molar-refractivity contribution in [1.82, 2.24) is 0 Å². The molecule has 1 amide bonds. The van der Waals surface area contributed by atoms with Gasteiger partial charge >= 0.3 is 5.63 Å². The predicted octanol–water partition coefficient (Wildman–Crippen LogP) is 3.68. The standard InChI is InChI=1S/C20H19NO4/c1-3-14-6-4-5-13(2)20(14)21-18(22)12-24-16-9-7-15-8-10-19(23)25-17(15)11-16/h4-11H,3,12H2,1-2H3,(H,21,22). The third kappa shape index (κ3) is 3.88. The van der Waals surface area contributed by atoms with Crippen LogP contribution in [0.25, 0.3) is 11.0 Å². The quantitative estimate of drug-likeness (QED) is 0.721. The van der Waals surface area contributed by atoms with Crippen LogP contribution in [0.5, 0.6) is 5.75 Å². The molecule has 1 aromatic heterocycles. The van der Waals surface area contributed by atoms with E-state index in [0.717, 1.165) is 28.6 Å². The molecule has 0 fully saturated rings. The van der Waals surface area contributed by atoms with Crippen LogP contribution >= 0.6 is 0 Å². The van der Waals surface area contributed by atoms with Crippen LogP contribution in [0.4, 0.5) is 5.69 Å². The number of carbonyl (C=O) groups is 1. The summed E-state index contributed by atoms with van der Waals surface area (Å²) in [6, 6.07) is 14.1. The molecule has 0 aliphatic heterocycles. The smallest absolute Gasteiger partial charge is 0.336 e. The highest BCUT2D eigenvalue weighted by molar-refractivity contribution is 5.93. The number of aryl methyl sites for hydroxylation is 2. The lowest BCUT2D eigenvalue weighted by atomic mass is 10.1. The van der Waals surface area contributed by atoms with Crippen molar-refractivity contribution in [2.45, 2.75) is 20.3 Å². The van der Waals surface area contributed by atoms with E-state index in [1.54, 1.807) is 24.3 Å². The zero-order valence-electron chi connectivity index (χ0n) is 14.2. The Morgan fingerprint density at radius 1 is 1.16 bits per heavy atom. The van der Waals surface area contributed by atoms with Gasteiger partial charge in [-0.15, -0.1) is 0 Å². The molecule has 0 atom stereocenters. The van der Waals surface area contributed by atoms with Crippen LogP contribution in [-0.2, 0) is 11.2 Å². The molecule has 128 valence electrons. The summed E-state index contributed by atoms with van der Waals surface area (Å²) in [5.41, 5.74) is 2.94. The van der Waals surface area contributed by atoms with Crippen molar-refractivity contribution in [2.75, 3.05) is 11.9 Å². The first-order chi connectivity index (χ1) is 12.1. The van der Waals surface area contributed by atoms with Crippen LogP contribution in [0, 0.1) is 6.92 Å². The zero-order chi connectivity index (χ0) is 17.8. The molecular formula is C20H19NO4. The van der Waals surface area contributed by atoms with Crippen LogP contribution in [0.2, 0.25) is 0 Å². The van der Waals surface area contributed by atoms with E-state index in [1.807, 2.05) is 32.0 Å². The van der Waals surface area contributed by atoms with Gasteiger partial charge in [0.15, 0.2) is 6.61 Å². The molecule has 3 rings (SSSR count). The van der Waals surface area contributed by atoms with E-state index in [9.17, 15) is 9.59 Å². The van der Waals surface area contributed by atoms with Gasteiger partial charge in [0, 0.05) is 23.2 Å². The molecule has 1 N–H and O–H groups in total. The molecule has 3 aromatic rings. The van der Waals surface area contributed by atoms with Gasteiger partial charge in [-0.05, 0) is 42.7 Å². The van der Waals surface area contributed by atoms with E-state index in [1.165, 1.54) is 6.07 Å². The maximum atomic E-state index is 12.2. The van der Waals surface area contributed by atoms with Crippen LogP contribution in [-0.4, -0.2) is 12.5 Å². The van der Waals surface area contributed by atoms with E-state index in [4.69, 9.17) is 9.15 Å². The molecule has 5 nitrogen and oxygen atoms in total. The minimum atomic E-state index is -0.422. The van der Waals surface area contributed by atoms with Crippen LogP contribution < -0.4 is 15.7 Å². The summed E-state index contributed by atoms with van der Waals surface area (Å²) >= 11 is 0. The van der Waals surface area contributed by atoms with Crippen LogP contribution in [0.15, 0.2) is 57.7 Å². The number of fused-ring (bicyclic) bond motifs is 1. The number of ether oxygens (including phenoxy) is 1. The number of hydrogen-bond donors (Lipinski definition) is 1. The van der Waals surface area contributed by atoms with Gasteiger partial charge < -0.3 is 14.5 Å². The van der Waals surface area contributed by atoms with Crippen molar-refractivity contribution in [2.24, 2.45) is 0 Å². The highest BCUT2D eigenvalue weighted by Gasteiger charge is 2.10. The lowest BCUT2D eigenvalue weighted by molar-refractivity contribution is -0.118. The number of anilines is 1. The van der Waals surface area contributed by atoms with Crippen molar-refractivity contribution >= 4 is 22.6 Å². The second-order valence-electron chi connectivity index (χ2n) is 5.75. The summed E-state index contributed by atoms with van der Waals surface area (Å²) in [6.45, 7) is 3.88. The minimum Gasteiger partial charge on any atom is -0.484 e. The number of carbonyl (C=O) groups excluding carboxylic acids is 1. The lowest BCUT2D eigenvalue weighted by Crippen LogP contribution is -2.21. The highest BCUT2D eigenvalue weighted by atomic mass is 16.5. The van der Waals surface area contributed by atoms with E-state index >= 15 is 0 Å². The van der Waals surface area contributed by atoms with Crippen LogP contribution in [0.1, 0.15) is 18.1 Å².